The minimum atomic E-state index is -0.0360. The van der Waals surface area contributed by atoms with Crippen LogP contribution in [0, 0.1) is 5.92 Å². The van der Waals surface area contributed by atoms with Crippen LogP contribution in [0.4, 0.5) is 5.82 Å². The highest BCUT2D eigenvalue weighted by molar-refractivity contribution is 5.32. The Balaban J connectivity index is 2.05. The van der Waals surface area contributed by atoms with Gasteiger partial charge in [-0.2, -0.15) is 0 Å². The van der Waals surface area contributed by atoms with Crippen molar-refractivity contribution < 1.29 is 0 Å². The Morgan fingerprint density at radius 3 is 3.12 bits per heavy atom. The molecule has 1 aliphatic rings. The van der Waals surface area contributed by atoms with Crippen molar-refractivity contribution in [1.29, 1.82) is 0 Å². The molecule has 0 radical (unpaired) electrons. The van der Waals surface area contributed by atoms with Crippen LogP contribution in [0.25, 0.3) is 0 Å². The first kappa shape index (κ1) is 12.1. The van der Waals surface area contributed by atoms with Crippen LogP contribution in [0.5, 0.6) is 0 Å². The molecule has 0 spiro atoms. The number of nitrogens with zero attached hydrogens (tertiary/aromatic N) is 2. The largest absolute Gasteiger partial charge is 0.363 e. The number of anilines is 1. The highest BCUT2D eigenvalue weighted by Gasteiger charge is 2.21. The standard InChI is InChI=1S/C13H21N3O/c1-3-10-5-4-6-11(9-10)15-12-13(17)16(2)8-7-14-12/h7-8,10-11H,3-6,9H2,1-2H3,(H,14,15). The van der Waals surface area contributed by atoms with Crippen molar-refractivity contribution in [2.75, 3.05) is 5.32 Å². The molecule has 2 rings (SSSR count). The van der Waals surface area contributed by atoms with Gasteiger partial charge in [-0.3, -0.25) is 4.79 Å². The predicted molar refractivity (Wildman–Crippen MR) is 69.1 cm³/mol. The molecule has 0 aliphatic heterocycles. The molecule has 0 aromatic carbocycles. The molecule has 1 aliphatic carbocycles. The molecule has 4 heteroatoms. The van der Waals surface area contributed by atoms with Gasteiger partial charge in [0.05, 0.1) is 0 Å². The number of hydrogen-bond donors (Lipinski definition) is 1. The quantitative estimate of drug-likeness (QED) is 0.873. The van der Waals surface area contributed by atoms with Gasteiger partial charge in [0.1, 0.15) is 0 Å². The topological polar surface area (TPSA) is 46.9 Å². The summed E-state index contributed by atoms with van der Waals surface area (Å²) in [6.45, 7) is 2.24. The maximum atomic E-state index is 11.8. The Morgan fingerprint density at radius 1 is 1.53 bits per heavy atom. The summed E-state index contributed by atoms with van der Waals surface area (Å²) in [4.78, 5) is 16.0. The summed E-state index contributed by atoms with van der Waals surface area (Å²) >= 11 is 0. The minimum absolute atomic E-state index is 0.0360. The molecule has 94 valence electrons. The number of aromatic nitrogens is 2. The lowest BCUT2D eigenvalue weighted by Crippen LogP contribution is -2.31. The first-order valence-electron chi connectivity index (χ1n) is 6.49. The van der Waals surface area contributed by atoms with Gasteiger partial charge >= 0.3 is 0 Å². The van der Waals surface area contributed by atoms with E-state index in [1.165, 1.54) is 19.3 Å². The normalized spacial score (nSPS) is 24.6. The van der Waals surface area contributed by atoms with Crippen molar-refractivity contribution in [3.63, 3.8) is 0 Å². The van der Waals surface area contributed by atoms with Gasteiger partial charge < -0.3 is 9.88 Å². The van der Waals surface area contributed by atoms with Crippen LogP contribution in [-0.2, 0) is 7.05 Å². The van der Waals surface area contributed by atoms with Gasteiger partial charge in [0.15, 0.2) is 5.82 Å². The van der Waals surface area contributed by atoms with Crippen molar-refractivity contribution in [2.24, 2.45) is 13.0 Å². The van der Waals surface area contributed by atoms with E-state index in [0.717, 1.165) is 18.8 Å². The molecule has 2 atom stereocenters. The fraction of sp³-hybridized carbons (Fsp3) is 0.692. The molecule has 0 amide bonds. The van der Waals surface area contributed by atoms with Gasteiger partial charge in [-0.15, -0.1) is 0 Å². The van der Waals surface area contributed by atoms with Crippen molar-refractivity contribution >= 4 is 5.82 Å². The SMILES string of the molecule is CCC1CCCC(Nc2nccn(C)c2=O)C1. The number of aryl methyl sites for hydroxylation is 1. The molecule has 1 aromatic heterocycles. The third-order valence-electron chi connectivity index (χ3n) is 3.72. The zero-order valence-electron chi connectivity index (χ0n) is 10.6. The predicted octanol–water partition coefficient (Wildman–Crippen LogP) is 2.16. The Bertz CT molecular complexity index is 427. The van der Waals surface area contributed by atoms with Crippen molar-refractivity contribution in [2.45, 2.75) is 45.1 Å². The summed E-state index contributed by atoms with van der Waals surface area (Å²) in [7, 11) is 1.75. The summed E-state index contributed by atoms with van der Waals surface area (Å²) in [5, 5.41) is 3.31. The summed E-state index contributed by atoms with van der Waals surface area (Å²) < 4.78 is 1.56. The molecule has 0 saturated heterocycles. The lowest BCUT2D eigenvalue weighted by molar-refractivity contribution is 0.327. The lowest BCUT2D eigenvalue weighted by Gasteiger charge is -2.29. The molecular formula is C13H21N3O. The zero-order valence-corrected chi connectivity index (χ0v) is 10.6. The van der Waals surface area contributed by atoms with Crippen LogP contribution >= 0.6 is 0 Å². The van der Waals surface area contributed by atoms with E-state index in [1.54, 1.807) is 24.0 Å². The van der Waals surface area contributed by atoms with E-state index in [0.29, 0.717) is 11.9 Å². The molecule has 2 unspecified atom stereocenters. The van der Waals surface area contributed by atoms with E-state index in [2.05, 4.69) is 17.2 Å². The van der Waals surface area contributed by atoms with E-state index < -0.39 is 0 Å². The second-order valence-corrected chi connectivity index (χ2v) is 4.97. The maximum absolute atomic E-state index is 11.8. The van der Waals surface area contributed by atoms with Crippen LogP contribution in [-0.4, -0.2) is 15.6 Å². The third-order valence-corrected chi connectivity index (χ3v) is 3.72. The van der Waals surface area contributed by atoms with E-state index in [4.69, 9.17) is 0 Å². The monoisotopic (exact) mass is 235 g/mol. The molecule has 1 fully saturated rings. The van der Waals surface area contributed by atoms with E-state index >= 15 is 0 Å². The Hall–Kier alpha value is -1.32. The summed E-state index contributed by atoms with van der Waals surface area (Å²) in [6, 6.07) is 0.413. The number of hydrogen-bond acceptors (Lipinski definition) is 3. The van der Waals surface area contributed by atoms with E-state index in [1.807, 2.05) is 0 Å². The van der Waals surface area contributed by atoms with E-state index in [9.17, 15) is 4.79 Å². The molecule has 4 nitrogen and oxygen atoms in total. The van der Waals surface area contributed by atoms with Gasteiger partial charge in [0.2, 0.25) is 0 Å². The van der Waals surface area contributed by atoms with Crippen molar-refractivity contribution in [3.8, 4) is 0 Å². The molecule has 1 heterocycles. The highest BCUT2D eigenvalue weighted by atomic mass is 16.1. The smallest absolute Gasteiger partial charge is 0.293 e. The van der Waals surface area contributed by atoms with Crippen LogP contribution < -0.4 is 10.9 Å². The summed E-state index contributed by atoms with van der Waals surface area (Å²) in [5.41, 5.74) is -0.0360. The molecule has 0 bridgehead atoms. The van der Waals surface area contributed by atoms with Crippen molar-refractivity contribution in [1.82, 2.24) is 9.55 Å². The average molecular weight is 235 g/mol. The summed E-state index contributed by atoms with van der Waals surface area (Å²) in [6.07, 6.45) is 9.48. The number of rotatable bonds is 3. The first-order valence-corrected chi connectivity index (χ1v) is 6.49. The van der Waals surface area contributed by atoms with Gasteiger partial charge in [0.25, 0.3) is 5.56 Å². The summed E-state index contributed by atoms with van der Waals surface area (Å²) in [5.74, 6) is 1.30. The van der Waals surface area contributed by atoms with Gasteiger partial charge in [0, 0.05) is 25.5 Å². The fourth-order valence-electron chi connectivity index (χ4n) is 2.58. The second-order valence-electron chi connectivity index (χ2n) is 4.97. The minimum Gasteiger partial charge on any atom is -0.363 e. The van der Waals surface area contributed by atoms with Crippen LogP contribution in [0.1, 0.15) is 39.0 Å². The Kier molecular flexibility index (Phi) is 3.82. The highest BCUT2D eigenvalue weighted by Crippen LogP contribution is 2.27. The van der Waals surface area contributed by atoms with Crippen molar-refractivity contribution in [3.05, 3.63) is 22.7 Å². The fourth-order valence-corrected chi connectivity index (χ4v) is 2.58. The number of nitrogens with one attached hydrogen (secondary N) is 1. The Labute approximate surface area is 102 Å². The molecular weight excluding hydrogens is 214 g/mol. The molecule has 1 saturated carbocycles. The van der Waals surface area contributed by atoms with Gasteiger partial charge in [-0.1, -0.05) is 26.2 Å². The average Bonchev–Trinajstić information content (AvgIpc) is 2.35. The van der Waals surface area contributed by atoms with E-state index in [-0.39, 0.29) is 5.56 Å². The van der Waals surface area contributed by atoms with Gasteiger partial charge in [-0.25, -0.2) is 4.98 Å². The molecule has 17 heavy (non-hydrogen) atoms. The molecule has 1 aromatic rings. The van der Waals surface area contributed by atoms with Crippen LogP contribution in [0.3, 0.4) is 0 Å². The maximum Gasteiger partial charge on any atom is 0.293 e. The van der Waals surface area contributed by atoms with Gasteiger partial charge in [-0.05, 0) is 18.8 Å². The van der Waals surface area contributed by atoms with Crippen LogP contribution in [0.2, 0.25) is 0 Å². The van der Waals surface area contributed by atoms with Crippen LogP contribution in [0.15, 0.2) is 17.2 Å². The Morgan fingerprint density at radius 2 is 2.35 bits per heavy atom. The second kappa shape index (κ2) is 5.34. The first-order chi connectivity index (χ1) is 8.20. The lowest BCUT2D eigenvalue weighted by atomic mass is 9.84. The zero-order chi connectivity index (χ0) is 12.3. The third kappa shape index (κ3) is 2.87. The molecule has 1 N–H and O–H groups in total.